The number of hydrogen-bond acceptors (Lipinski definition) is 6. The third kappa shape index (κ3) is 3.30. The van der Waals surface area contributed by atoms with Crippen LogP contribution in [0.2, 0.25) is 0 Å². The Kier molecular flexibility index (Phi) is 4.84. The van der Waals surface area contributed by atoms with Gasteiger partial charge in [0.15, 0.2) is 6.39 Å². The SMILES string of the molecule is COCCn1nc(-c2cocn2)c2c1CCN(Cc1c(C)nn(C)c1C)C2. The first-order valence-corrected chi connectivity index (χ1v) is 9.26. The summed E-state index contributed by atoms with van der Waals surface area (Å²) in [5, 5.41) is 9.38. The van der Waals surface area contributed by atoms with E-state index in [1.807, 2.05) is 11.7 Å². The summed E-state index contributed by atoms with van der Waals surface area (Å²) in [6.07, 6.45) is 4.08. The van der Waals surface area contributed by atoms with Crippen molar-refractivity contribution >= 4 is 0 Å². The van der Waals surface area contributed by atoms with E-state index in [0.717, 1.165) is 49.7 Å². The molecule has 0 atom stereocenters. The van der Waals surface area contributed by atoms with E-state index in [4.69, 9.17) is 14.3 Å². The molecule has 3 aromatic heterocycles. The fourth-order valence-electron chi connectivity index (χ4n) is 3.85. The van der Waals surface area contributed by atoms with Crippen LogP contribution in [0.5, 0.6) is 0 Å². The first-order chi connectivity index (χ1) is 13.1. The van der Waals surface area contributed by atoms with Gasteiger partial charge < -0.3 is 9.15 Å². The number of oxazole rings is 1. The minimum Gasteiger partial charge on any atom is -0.451 e. The van der Waals surface area contributed by atoms with Crippen LogP contribution >= 0.6 is 0 Å². The molecule has 1 aliphatic heterocycles. The summed E-state index contributed by atoms with van der Waals surface area (Å²) in [6, 6.07) is 0. The van der Waals surface area contributed by atoms with Crippen molar-refractivity contribution in [3.8, 4) is 11.4 Å². The summed E-state index contributed by atoms with van der Waals surface area (Å²) in [5.41, 5.74) is 7.87. The Hall–Kier alpha value is -2.45. The van der Waals surface area contributed by atoms with E-state index >= 15 is 0 Å². The molecular weight excluding hydrogens is 344 g/mol. The average molecular weight is 370 g/mol. The summed E-state index contributed by atoms with van der Waals surface area (Å²) in [5.74, 6) is 0. The second kappa shape index (κ2) is 7.28. The van der Waals surface area contributed by atoms with Crippen LogP contribution in [0.3, 0.4) is 0 Å². The summed E-state index contributed by atoms with van der Waals surface area (Å²) in [6.45, 7) is 8.35. The normalized spacial score (nSPS) is 14.7. The first kappa shape index (κ1) is 17.9. The highest BCUT2D eigenvalue weighted by atomic mass is 16.5. The van der Waals surface area contributed by atoms with Crippen LogP contribution < -0.4 is 0 Å². The number of hydrogen-bond donors (Lipinski definition) is 0. The molecule has 0 bridgehead atoms. The van der Waals surface area contributed by atoms with Gasteiger partial charge in [-0.1, -0.05) is 0 Å². The molecule has 0 amide bonds. The van der Waals surface area contributed by atoms with Crippen LogP contribution in [-0.4, -0.2) is 49.7 Å². The molecule has 4 rings (SSSR count). The zero-order valence-electron chi connectivity index (χ0n) is 16.4. The lowest BCUT2D eigenvalue weighted by Crippen LogP contribution is -2.31. The third-order valence-corrected chi connectivity index (χ3v) is 5.44. The van der Waals surface area contributed by atoms with E-state index in [2.05, 4.69) is 33.5 Å². The minimum absolute atomic E-state index is 0.643. The lowest BCUT2D eigenvalue weighted by Gasteiger charge is -2.28. The molecule has 1 aliphatic rings. The molecule has 0 aromatic carbocycles. The second-order valence-corrected chi connectivity index (χ2v) is 7.10. The first-order valence-electron chi connectivity index (χ1n) is 9.26. The van der Waals surface area contributed by atoms with E-state index in [1.165, 1.54) is 28.9 Å². The van der Waals surface area contributed by atoms with Gasteiger partial charge in [0.1, 0.15) is 17.7 Å². The van der Waals surface area contributed by atoms with Crippen LogP contribution in [0, 0.1) is 13.8 Å². The Bertz CT molecular complexity index is 925. The zero-order chi connectivity index (χ0) is 19.0. The Morgan fingerprint density at radius 2 is 2.11 bits per heavy atom. The fraction of sp³-hybridized carbons (Fsp3) is 0.526. The lowest BCUT2D eigenvalue weighted by molar-refractivity contribution is 0.180. The summed E-state index contributed by atoms with van der Waals surface area (Å²) in [7, 11) is 3.72. The Morgan fingerprint density at radius 3 is 2.78 bits per heavy atom. The molecule has 0 aliphatic carbocycles. The zero-order valence-corrected chi connectivity index (χ0v) is 16.4. The number of methoxy groups -OCH3 is 1. The summed E-state index contributed by atoms with van der Waals surface area (Å²) >= 11 is 0. The highest BCUT2D eigenvalue weighted by Gasteiger charge is 2.27. The molecule has 0 radical (unpaired) electrons. The monoisotopic (exact) mass is 370 g/mol. The van der Waals surface area contributed by atoms with Crippen molar-refractivity contribution in [2.75, 3.05) is 20.3 Å². The average Bonchev–Trinajstić information content (AvgIpc) is 3.35. The van der Waals surface area contributed by atoms with Gasteiger partial charge in [0.05, 0.1) is 18.8 Å². The van der Waals surface area contributed by atoms with Crippen LogP contribution in [0.25, 0.3) is 11.4 Å². The van der Waals surface area contributed by atoms with Gasteiger partial charge >= 0.3 is 0 Å². The van der Waals surface area contributed by atoms with Crippen LogP contribution in [0.15, 0.2) is 17.1 Å². The molecule has 27 heavy (non-hydrogen) atoms. The summed E-state index contributed by atoms with van der Waals surface area (Å²) < 4.78 is 14.5. The maximum atomic E-state index is 5.25. The summed E-state index contributed by atoms with van der Waals surface area (Å²) in [4.78, 5) is 6.79. The Labute approximate surface area is 158 Å². The van der Waals surface area contributed by atoms with Gasteiger partial charge in [-0.2, -0.15) is 10.2 Å². The number of rotatable bonds is 6. The lowest BCUT2D eigenvalue weighted by atomic mass is 10.0. The molecule has 4 heterocycles. The van der Waals surface area contributed by atoms with Gasteiger partial charge in [-0.05, 0) is 13.8 Å². The van der Waals surface area contributed by atoms with Gasteiger partial charge in [0, 0.05) is 62.7 Å². The van der Waals surface area contributed by atoms with Crippen molar-refractivity contribution in [3.05, 3.63) is 40.9 Å². The van der Waals surface area contributed by atoms with E-state index in [9.17, 15) is 0 Å². The number of fused-ring (bicyclic) bond motifs is 1. The topological polar surface area (TPSA) is 74.1 Å². The number of aromatic nitrogens is 5. The molecule has 0 unspecified atom stereocenters. The van der Waals surface area contributed by atoms with Crippen LogP contribution in [0.4, 0.5) is 0 Å². The van der Waals surface area contributed by atoms with Crippen molar-refractivity contribution in [1.82, 2.24) is 29.4 Å². The highest BCUT2D eigenvalue weighted by Crippen LogP contribution is 2.30. The molecule has 144 valence electrons. The molecule has 3 aromatic rings. The van der Waals surface area contributed by atoms with Gasteiger partial charge in [0.2, 0.25) is 0 Å². The standard InChI is InChI=1S/C19H26N6O2/c1-13-15(14(2)23(3)21-13)9-24-6-5-18-16(10-24)19(17-11-27-12-20-17)22-25(18)7-8-26-4/h11-12H,5-10H2,1-4H3. The van der Waals surface area contributed by atoms with Gasteiger partial charge in [-0.3, -0.25) is 14.3 Å². The fourth-order valence-corrected chi connectivity index (χ4v) is 3.85. The van der Waals surface area contributed by atoms with Crippen LogP contribution in [-0.2, 0) is 37.8 Å². The van der Waals surface area contributed by atoms with Gasteiger partial charge in [-0.25, -0.2) is 4.98 Å². The number of ether oxygens (including phenoxy) is 1. The molecule has 0 fully saturated rings. The minimum atomic E-state index is 0.643. The smallest absolute Gasteiger partial charge is 0.181 e. The highest BCUT2D eigenvalue weighted by molar-refractivity contribution is 5.59. The Balaban J connectivity index is 1.63. The molecule has 0 saturated carbocycles. The predicted octanol–water partition coefficient (Wildman–Crippen LogP) is 2.09. The molecular formula is C19H26N6O2. The third-order valence-electron chi connectivity index (χ3n) is 5.44. The van der Waals surface area contributed by atoms with E-state index in [-0.39, 0.29) is 0 Å². The molecule has 8 heteroatoms. The van der Waals surface area contributed by atoms with E-state index in [0.29, 0.717) is 6.61 Å². The molecule has 0 saturated heterocycles. The predicted molar refractivity (Wildman–Crippen MR) is 100 cm³/mol. The molecule has 8 nitrogen and oxygen atoms in total. The quantitative estimate of drug-likeness (QED) is 0.661. The van der Waals surface area contributed by atoms with Crippen molar-refractivity contribution in [1.29, 1.82) is 0 Å². The number of nitrogens with zero attached hydrogens (tertiary/aromatic N) is 6. The van der Waals surface area contributed by atoms with Crippen molar-refractivity contribution in [3.63, 3.8) is 0 Å². The van der Waals surface area contributed by atoms with Crippen molar-refractivity contribution in [2.24, 2.45) is 7.05 Å². The molecule has 0 spiro atoms. The number of aryl methyl sites for hydroxylation is 2. The molecule has 0 N–H and O–H groups in total. The maximum absolute atomic E-state index is 5.25. The van der Waals surface area contributed by atoms with E-state index in [1.54, 1.807) is 13.4 Å². The van der Waals surface area contributed by atoms with Gasteiger partial charge in [-0.15, -0.1) is 0 Å². The van der Waals surface area contributed by atoms with Crippen LogP contribution in [0.1, 0.15) is 28.2 Å². The van der Waals surface area contributed by atoms with Crippen molar-refractivity contribution < 1.29 is 9.15 Å². The van der Waals surface area contributed by atoms with Crippen molar-refractivity contribution in [2.45, 2.75) is 39.9 Å². The maximum Gasteiger partial charge on any atom is 0.181 e. The van der Waals surface area contributed by atoms with E-state index < -0.39 is 0 Å². The second-order valence-electron chi connectivity index (χ2n) is 7.10. The largest absolute Gasteiger partial charge is 0.451 e. The van der Waals surface area contributed by atoms with Gasteiger partial charge in [0.25, 0.3) is 0 Å². The Morgan fingerprint density at radius 1 is 1.26 bits per heavy atom.